The van der Waals surface area contributed by atoms with E-state index in [1.807, 2.05) is 6.08 Å². The zero-order valence-electron chi connectivity index (χ0n) is 11.0. The molecule has 2 heterocycles. The molecule has 1 aliphatic rings. The van der Waals surface area contributed by atoms with Gasteiger partial charge >= 0.3 is 0 Å². The fourth-order valence-corrected chi connectivity index (χ4v) is 3.12. The summed E-state index contributed by atoms with van der Waals surface area (Å²) in [4.78, 5) is 17.6. The number of morpholine rings is 1. The van der Waals surface area contributed by atoms with Crippen LogP contribution in [-0.4, -0.2) is 42.2 Å². The number of nitrogens with zero attached hydrogens (tertiary/aromatic N) is 2. The predicted octanol–water partition coefficient (Wildman–Crippen LogP) is 2.66. The maximum atomic E-state index is 10.8. The molecule has 2 rings (SSSR count). The van der Waals surface area contributed by atoms with E-state index in [0.29, 0.717) is 0 Å². The van der Waals surface area contributed by atoms with E-state index in [4.69, 9.17) is 4.74 Å². The third-order valence-corrected chi connectivity index (χ3v) is 4.44. The van der Waals surface area contributed by atoms with Gasteiger partial charge in [-0.05, 0) is 12.5 Å². The number of hydrogen-bond acceptors (Lipinski definition) is 6. The van der Waals surface area contributed by atoms with Crippen LogP contribution in [0.5, 0.6) is 0 Å². The molecule has 0 amide bonds. The van der Waals surface area contributed by atoms with E-state index in [9.17, 15) is 4.79 Å². The SMILES string of the molecule is CC(=O)SCCC=Cc1csc(N2CCOCC2)n1. The number of anilines is 1. The molecule has 1 aromatic heterocycles. The highest BCUT2D eigenvalue weighted by Crippen LogP contribution is 2.22. The highest BCUT2D eigenvalue weighted by atomic mass is 32.2. The summed E-state index contributed by atoms with van der Waals surface area (Å²) >= 11 is 3.04. The Hall–Kier alpha value is -0.850. The standard InChI is InChI=1S/C13H18N2O2S2/c1-11(16)18-9-3-2-4-12-10-19-13(14-12)15-5-7-17-8-6-15/h2,4,10H,3,5-9H2,1H3. The Morgan fingerprint density at radius 3 is 3.11 bits per heavy atom. The molecule has 19 heavy (non-hydrogen) atoms. The monoisotopic (exact) mass is 298 g/mol. The van der Waals surface area contributed by atoms with Crippen LogP contribution < -0.4 is 4.90 Å². The summed E-state index contributed by atoms with van der Waals surface area (Å²) in [5.41, 5.74) is 0.999. The Kier molecular flexibility index (Phi) is 5.88. The lowest BCUT2D eigenvalue weighted by Gasteiger charge is -2.25. The average Bonchev–Trinajstić information content (AvgIpc) is 2.88. The minimum absolute atomic E-state index is 0.177. The quantitative estimate of drug-likeness (QED) is 0.782. The first-order valence-corrected chi connectivity index (χ1v) is 8.20. The zero-order valence-corrected chi connectivity index (χ0v) is 12.6. The molecule has 6 heteroatoms. The van der Waals surface area contributed by atoms with Gasteiger partial charge in [-0.1, -0.05) is 17.8 Å². The van der Waals surface area contributed by atoms with Gasteiger partial charge in [0.15, 0.2) is 10.2 Å². The third-order valence-electron chi connectivity index (χ3n) is 2.67. The highest BCUT2D eigenvalue weighted by Gasteiger charge is 2.13. The van der Waals surface area contributed by atoms with E-state index in [1.54, 1.807) is 18.3 Å². The van der Waals surface area contributed by atoms with Crippen LogP contribution in [0.2, 0.25) is 0 Å². The fraction of sp³-hybridized carbons (Fsp3) is 0.538. The van der Waals surface area contributed by atoms with Crippen LogP contribution in [0.3, 0.4) is 0 Å². The lowest BCUT2D eigenvalue weighted by molar-refractivity contribution is -0.109. The van der Waals surface area contributed by atoms with Crippen LogP contribution in [0.15, 0.2) is 11.5 Å². The first-order chi connectivity index (χ1) is 9.25. The van der Waals surface area contributed by atoms with Gasteiger partial charge in [-0.3, -0.25) is 4.79 Å². The second-order valence-corrected chi connectivity index (χ2v) is 6.29. The molecule has 104 valence electrons. The maximum absolute atomic E-state index is 10.8. The molecule has 0 radical (unpaired) electrons. The normalized spacial score (nSPS) is 16.2. The molecule has 1 aliphatic heterocycles. The Morgan fingerprint density at radius 1 is 1.58 bits per heavy atom. The van der Waals surface area contributed by atoms with Crippen molar-refractivity contribution in [3.8, 4) is 0 Å². The van der Waals surface area contributed by atoms with Crippen molar-refractivity contribution in [2.45, 2.75) is 13.3 Å². The maximum Gasteiger partial charge on any atom is 0.185 e. The number of carbonyl (C=O) groups excluding carboxylic acids is 1. The Labute approximate surface area is 121 Å². The average molecular weight is 298 g/mol. The molecule has 0 unspecified atom stereocenters. The van der Waals surface area contributed by atoms with Crippen LogP contribution in [-0.2, 0) is 9.53 Å². The number of rotatable bonds is 5. The molecule has 0 spiro atoms. The van der Waals surface area contributed by atoms with Gasteiger partial charge in [-0.25, -0.2) is 4.98 Å². The largest absolute Gasteiger partial charge is 0.378 e. The minimum Gasteiger partial charge on any atom is -0.378 e. The highest BCUT2D eigenvalue weighted by molar-refractivity contribution is 8.13. The molecule has 0 N–H and O–H groups in total. The fourth-order valence-electron chi connectivity index (χ4n) is 1.73. The number of hydrogen-bond donors (Lipinski definition) is 0. The number of aromatic nitrogens is 1. The van der Waals surface area contributed by atoms with Gasteiger partial charge in [0.25, 0.3) is 0 Å². The second-order valence-electron chi connectivity index (χ2n) is 4.19. The second kappa shape index (κ2) is 7.67. The molecule has 0 aliphatic carbocycles. The van der Waals surface area contributed by atoms with E-state index in [0.717, 1.165) is 49.3 Å². The molecular formula is C13H18N2O2S2. The van der Waals surface area contributed by atoms with Crippen molar-refractivity contribution in [1.29, 1.82) is 0 Å². The predicted molar refractivity (Wildman–Crippen MR) is 81.9 cm³/mol. The van der Waals surface area contributed by atoms with E-state index in [1.165, 1.54) is 11.8 Å². The lowest BCUT2D eigenvalue weighted by Crippen LogP contribution is -2.36. The molecule has 4 nitrogen and oxygen atoms in total. The van der Waals surface area contributed by atoms with Crippen molar-refractivity contribution in [2.75, 3.05) is 37.0 Å². The van der Waals surface area contributed by atoms with Gasteiger partial charge in [0.2, 0.25) is 0 Å². The third kappa shape index (κ3) is 4.97. The molecule has 1 saturated heterocycles. The summed E-state index contributed by atoms with van der Waals surface area (Å²) in [6.45, 7) is 5.02. The molecule has 0 aromatic carbocycles. The molecule has 0 saturated carbocycles. The number of carbonyl (C=O) groups is 1. The van der Waals surface area contributed by atoms with Crippen LogP contribution in [0, 0.1) is 0 Å². The van der Waals surface area contributed by atoms with Crippen molar-refractivity contribution >= 4 is 39.4 Å². The topological polar surface area (TPSA) is 42.4 Å². The van der Waals surface area contributed by atoms with Gasteiger partial charge in [-0.15, -0.1) is 11.3 Å². The summed E-state index contributed by atoms with van der Waals surface area (Å²) < 4.78 is 5.33. The Balaban J connectivity index is 1.79. The van der Waals surface area contributed by atoms with Crippen LogP contribution in [0.25, 0.3) is 6.08 Å². The first kappa shape index (κ1) is 14.6. The van der Waals surface area contributed by atoms with E-state index in [-0.39, 0.29) is 5.12 Å². The number of ether oxygens (including phenoxy) is 1. The lowest BCUT2D eigenvalue weighted by atomic mass is 10.3. The number of thiazole rings is 1. The van der Waals surface area contributed by atoms with Crippen molar-refractivity contribution in [3.05, 3.63) is 17.2 Å². The number of allylic oxidation sites excluding steroid dienone is 1. The Morgan fingerprint density at radius 2 is 2.37 bits per heavy atom. The summed E-state index contributed by atoms with van der Waals surface area (Å²) in [6, 6.07) is 0. The molecule has 1 aromatic rings. The van der Waals surface area contributed by atoms with Crippen molar-refractivity contribution in [1.82, 2.24) is 4.98 Å². The van der Waals surface area contributed by atoms with Crippen molar-refractivity contribution < 1.29 is 9.53 Å². The molecular weight excluding hydrogens is 280 g/mol. The summed E-state index contributed by atoms with van der Waals surface area (Å²) in [6.07, 6.45) is 5.00. The Bertz CT molecular complexity index is 440. The van der Waals surface area contributed by atoms with Crippen LogP contribution in [0.1, 0.15) is 19.0 Å². The van der Waals surface area contributed by atoms with Crippen molar-refractivity contribution in [2.24, 2.45) is 0 Å². The van der Waals surface area contributed by atoms with Gasteiger partial charge in [0, 0.05) is 31.1 Å². The van der Waals surface area contributed by atoms with Crippen LogP contribution in [0.4, 0.5) is 5.13 Å². The van der Waals surface area contributed by atoms with Crippen LogP contribution >= 0.6 is 23.1 Å². The minimum atomic E-state index is 0.177. The zero-order chi connectivity index (χ0) is 13.5. The summed E-state index contributed by atoms with van der Waals surface area (Å²) in [7, 11) is 0. The molecule has 0 bridgehead atoms. The summed E-state index contributed by atoms with van der Waals surface area (Å²) in [5, 5.41) is 3.32. The van der Waals surface area contributed by atoms with Gasteiger partial charge in [0.1, 0.15) is 0 Å². The van der Waals surface area contributed by atoms with E-state index < -0.39 is 0 Å². The first-order valence-electron chi connectivity index (χ1n) is 6.34. The van der Waals surface area contributed by atoms with E-state index in [2.05, 4.69) is 21.3 Å². The summed E-state index contributed by atoms with van der Waals surface area (Å²) in [5.74, 6) is 0.840. The van der Waals surface area contributed by atoms with E-state index >= 15 is 0 Å². The smallest absolute Gasteiger partial charge is 0.185 e. The van der Waals surface area contributed by atoms with Gasteiger partial charge < -0.3 is 9.64 Å². The van der Waals surface area contributed by atoms with Gasteiger partial charge in [0.05, 0.1) is 18.9 Å². The van der Waals surface area contributed by atoms with Crippen molar-refractivity contribution in [3.63, 3.8) is 0 Å². The number of thioether (sulfide) groups is 1. The molecule has 1 fully saturated rings. The molecule has 0 atom stereocenters. The van der Waals surface area contributed by atoms with Gasteiger partial charge in [-0.2, -0.15) is 0 Å².